The van der Waals surface area contributed by atoms with Gasteiger partial charge in [-0.2, -0.15) is 0 Å². The predicted octanol–water partition coefficient (Wildman–Crippen LogP) is 1.36. The lowest BCUT2D eigenvalue weighted by molar-refractivity contribution is 0.139. The standard InChI is InChI=1S/C7H6F3NO2/c8-5-3(2-12)4(13)1-11-6(5)7(9)10/h1,7,12-13H,2H2. The van der Waals surface area contributed by atoms with E-state index in [1.807, 2.05) is 0 Å². The van der Waals surface area contributed by atoms with Gasteiger partial charge < -0.3 is 10.2 Å². The Hall–Kier alpha value is -1.30. The van der Waals surface area contributed by atoms with Gasteiger partial charge in [-0.05, 0) is 0 Å². The Labute approximate surface area is 71.5 Å². The highest BCUT2D eigenvalue weighted by atomic mass is 19.3. The first-order chi connectivity index (χ1) is 6.07. The molecule has 0 fully saturated rings. The summed E-state index contributed by atoms with van der Waals surface area (Å²) in [7, 11) is 0. The number of nitrogens with zero attached hydrogens (tertiary/aromatic N) is 1. The molecule has 0 aliphatic rings. The lowest BCUT2D eigenvalue weighted by Crippen LogP contribution is -2.01. The summed E-state index contributed by atoms with van der Waals surface area (Å²) in [4.78, 5) is 3.00. The van der Waals surface area contributed by atoms with E-state index in [0.29, 0.717) is 6.20 Å². The highest BCUT2D eigenvalue weighted by Gasteiger charge is 2.20. The largest absolute Gasteiger partial charge is 0.506 e. The number of aliphatic hydroxyl groups excluding tert-OH is 1. The molecule has 1 aromatic heterocycles. The van der Waals surface area contributed by atoms with Crippen molar-refractivity contribution in [2.24, 2.45) is 0 Å². The van der Waals surface area contributed by atoms with Crippen molar-refractivity contribution in [3.8, 4) is 5.75 Å². The van der Waals surface area contributed by atoms with E-state index in [-0.39, 0.29) is 0 Å². The lowest BCUT2D eigenvalue weighted by Gasteiger charge is -2.06. The van der Waals surface area contributed by atoms with Crippen molar-refractivity contribution in [3.05, 3.63) is 23.3 Å². The second-order valence-electron chi connectivity index (χ2n) is 2.28. The SMILES string of the molecule is OCc1c(O)cnc(C(F)F)c1F. The van der Waals surface area contributed by atoms with E-state index in [9.17, 15) is 13.2 Å². The zero-order chi connectivity index (χ0) is 10.0. The molecule has 0 spiro atoms. The number of hydrogen-bond acceptors (Lipinski definition) is 3. The van der Waals surface area contributed by atoms with Crippen LogP contribution in [-0.4, -0.2) is 15.2 Å². The van der Waals surface area contributed by atoms with Gasteiger partial charge in [0.25, 0.3) is 6.43 Å². The zero-order valence-electron chi connectivity index (χ0n) is 6.34. The maximum absolute atomic E-state index is 12.9. The minimum atomic E-state index is -3.06. The second-order valence-corrected chi connectivity index (χ2v) is 2.28. The van der Waals surface area contributed by atoms with Crippen LogP contribution in [0.2, 0.25) is 0 Å². The Bertz CT molecular complexity index is 317. The summed E-state index contributed by atoms with van der Waals surface area (Å²) in [5.74, 6) is -2.00. The van der Waals surface area contributed by atoms with Gasteiger partial charge in [0.05, 0.1) is 18.4 Å². The zero-order valence-corrected chi connectivity index (χ0v) is 6.34. The Morgan fingerprint density at radius 3 is 2.54 bits per heavy atom. The normalized spacial score (nSPS) is 10.8. The van der Waals surface area contributed by atoms with Gasteiger partial charge >= 0.3 is 0 Å². The minimum Gasteiger partial charge on any atom is -0.506 e. The van der Waals surface area contributed by atoms with Gasteiger partial charge in [-0.1, -0.05) is 0 Å². The van der Waals surface area contributed by atoms with E-state index in [1.54, 1.807) is 0 Å². The molecule has 0 atom stereocenters. The highest BCUT2D eigenvalue weighted by molar-refractivity contribution is 5.32. The van der Waals surface area contributed by atoms with Crippen LogP contribution in [0.3, 0.4) is 0 Å². The summed E-state index contributed by atoms with van der Waals surface area (Å²) in [6.07, 6.45) is -2.39. The summed E-state index contributed by atoms with van der Waals surface area (Å²) in [6, 6.07) is 0. The Morgan fingerprint density at radius 2 is 2.08 bits per heavy atom. The molecule has 0 aliphatic heterocycles. The maximum Gasteiger partial charge on any atom is 0.283 e. The van der Waals surface area contributed by atoms with E-state index < -0.39 is 35.9 Å². The number of halogens is 3. The van der Waals surface area contributed by atoms with Gasteiger partial charge in [-0.3, -0.25) is 0 Å². The molecule has 0 amide bonds. The Balaban J connectivity index is 3.27. The summed E-state index contributed by atoms with van der Waals surface area (Å²) in [6.45, 7) is -0.847. The van der Waals surface area contributed by atoms with Gasteiger partial charge in [0.1, 0.15) is 11.4 Å². The molecule has 1 rings (SSSR count). The molecule has 0 bridgehead atoms. The molecule has 0 saturated heterocycles. The van der Waals surface area contributed by atoms with E-state index in [4.69, 9.17) is 10.2 Å². The van der Waals surface area contributed by atoms with Crippen LogP contribution in [0.5, 0.6) is 5.75 Å². The first-order valence-electron chi connectivity index (χ1n) is 3.33. The third-order valence-corrected chi connectivity index (χ3v) is 1.49. The van der Waals surface area contributed by atoms with E-state index in [2.05, 4.69) is 4.98 Å². The van der Waals surface area contributed by atoms with E-state index in [1.165, 1.54) is 0 Å². The van der Waals surface area contributed by atoms with Crippen LogP contribution in [0, 0.1) is 5.82 Å². The van der Waals surface area contributed by atoms with Crippen molar-refractivity contribution in [3.63, 3.8) is 0 Å². The molecule has 0 aliphatic carbocycles. The molecule has 3 nitrogen and oxygen atoms in total. The van der Waals surface area contributed by atoms with Gasteiger partial charge in [0, 0.05) is 0 Å². The molecule has 1 heterocycles. The average molecular weight is 193 g/mol. The van der Waals surface area contributed by atoms with Gasteiger partial charge in [0.15, 0.2) is 5.82 Å². The van der Waals surface area contributed by atoms with Crippen LogP contribution in [0.25, 0.3) is 0 Å². The number of aliphatic hydroxyl groups is 1. The van der Waals surface area contributed by atoms with Gasteiger partial charge in [-0.25, -0.2) is 18.2 Å². The predicted molar refractivity (Wildman–Crippen MR) is 36.7 cm³/mol. The smallest absolute Gasteiger partial charge is 0.283 e. The second kappa shape index (κ2) is 3.61. The Kier molecular flexibility index (Phi) is 2.72. The number of rotatable bonds is 2. The summed E-state index contributed by atoms with van der Waals surface area (Å²) in [5.41, 5.74) is -1.63. The highest BCUT2D eigenvalue weighted by Crippen LogP contribution is 2.26. The number of hydrogen-bond donors (Lipinski definition) is 2. The van der Waals surface area contributed by atoms with Crippen molar-refractivity contribution >= 4 is 0 Å². The van der Waals surface area contributed by atoms with E-state index >= 15 is 0 Å². The first kappa shape index (κ1) is 9.79. The third kappa shape index (κ3) is 1.72. The van der Waals surface area contributed by atoms with Crippen molar-refractivity contribution in [2.45, 2.75) is 13.0 Å². The molecule has 2 N–H and O–H groups in total. The summed E-state index contributed by atoms with van der Waals surface area (Å²) < 4.78 is 36.9. The number of aromatic hydroxyl groups is 1. The molecule has 0 saturated carbocycles. The van der Waals surface area contributed by atoms with Crippen molar-refractivity contribution in [2.75, 3.05) is 0 Å². The number of alkyl halides is 2. The van der Waals surface area contributed by atoms with Crippen LogP contribution in [0.4, 0.5) is 13.2 Å². The molecular formula is C7H6F3NO2. The summed E-state index contributed by atoms with van der Waals surface area (Å²) >= 11 is 0. The Morgan fingerprint density at radius 1 is 1.46 bits per heavy atom. The maximum atomic E-state index is 12.9. The fraction of sp³-hybridized carbons (Fsp3) is 0.286. The average Bonchev–Trinajstić information content (AvgIpc) is 2.04. The van der Waals surface area contributed by atoms with Crippen molar-refractivity contribution in [1.82, 2.24) is 4.98 Å². The molecular weight excluding hydrogens is 187 g/mol. The molecule has 0 unspecified atom stereocenters. The monoisotopic (exact) mass is 193 g/mol. The van der Waals surface area contributed by atoms with Crippen LogP contribution >= 0.6 is 0 Å². The topological polar surface area (TPSA) is 53.4 Å². The minimum absolute atomic E-state index is 0.565. The van der Waals surface area contributed by atoms with E-state index in [0.717, 1.165) is 0 Å². The molecule has 6 heteroatoms. The van der Waals surface area contributed by atoms with Gasteiger partial charge in [-0.15, -0.1) is 0 Å². The number of aromatic nitrogens is 1. The molecule has 13 heavy (non-hydrogen) atoms. The van der Waals surface area contributed by atoms with Crippen LogP contribution in [0.1, 0.15) is 17.7 Å². The molecule has 1 aromatic rings. The number of pyridine rings is 1. The first-order valence-corrected chi connectivity index (χ1v) is 3.33. The van der Waals surface area contributed by atoms with Crippen molar-refractivity contribution < 1.29 is 23.4 Å². The summed E-state index contributed by atoms with van der Waals surface area (Å²) in [5, 5.41) is 17.4. The van der Waals surface area contributed by atoms with Crippen molar-refractivity contribution in [1.29, 1.82) is 0 Å². The van der Waals surface area contributed by atoms with Crippen LogP contribution < -0.4 is 0 Å². The lowest BCUT2D eigenvalue weighted by atomic mass is 10.2. The quantitative estimate of drug-likeness (QED) is 0.745. The van der Waals surface area contributed by atoms with Crippen LogP contribution in [0.15, 0.2) is 6.20 Å². The third-order valence-electron chi connectivity index (χ3n) is 1.49. The molecule has 0 aromatic carbocycles. The van der Waals surface area contributed by atoms with Crippen LogP contribution in [-0.2, 0) is 6.61 Å². The fourth-order valence-electron chi connectivity index (χ4n) is 0.835. The molecule has 0 radical (unpaired) electrons. The van der Waals surface area contributed by atoms with Gasteiger partial charge in [0.2, 0.25) is 0 Å². The molecule has 72 valence electrons. The fourth-order valence-corrected chi connectivity index (χ4v) is 0.835.